The third-order valence-electron chi connectivity index (χ3n) is 2.99. The second kappa shape index (κ2) is 6.92. The van der Waals surface area contributed by atoms with Crippen LogP contribution in [0.2, 0.25) is 0 Å². The summed E-state index contributed by atoms with van der Waals surface area (Å²) in [5.41, 5.74) is 6.11. The molecule has 0 aliphatic heterocycles. The molecule has 2 N–H and O–H groups in total. The van der Waals surface area contributed by atoms with Gasteiger partial charge >= 0.3 is 0 Å². The van der Waals surface area contributed by atoms with E-state index in [1.54, 1.807) is 27.0 Å². The quantitative estimate of drug-likeness (QED) is 0.768. The maximum atomic E-state index is 12.7. The molecule has 0 aliphatic carbocycles. The van der Waals surface area contributed by atoms with Gasteiger partial charge in [-0.15, -0.1) is 0 Å². The number of rotatable bonds is 7. The topological polar surface area (TPSA) is 81.9 Å². The average molecular weight is 302 g/mol. The number of benzene rings is 1. The van der Waals surface area contributed by atoms with Gasteiger partial charge in [-0.2, -0.15) is 4.31 Å². The van der Waals surface area contributed by atoms with Crippen molar-refractivity contribution in [2.45, 2.75) is 24.8 Å². The number of nitrogens with two attached hydrogens (primary N) is 1. The Morgan fingerprint density at radius 2 is 2.00 bits per heavy atom. The fourth-order valence-electron chi connectivity index (χ4n) is 2.07. The van der Waals surface area contributed by atoms with Crippen molar-refractivity contribution in [1.82, 2.24) is 4.31 Å². The van der Waals surface area contributed by atoms with Gasteiger partial charge in [0.15, 0.2) is 0 Å². The van der Waals surface area contributed by atoms with Crippen LogP contribution in [0.25, 0.3) is 0 Å². The number of hydrogen-bond acceptors (Lipinski definition) is 5. The monoisotopic (exact) mass is 302 g/mol. The summed E-state index contributed by atoms with van der Waals surface area (Å²) in [5.74, 6) is 0.244. The molecule has 0 spiro atoms. The Morgan fingerprint density at radius 1 is 1.35 bits per heavy atom. The lowest BCUT2D eigenvalue weighted by molar-refractivity contribution is 0.142. The van der Waals surface area contributed by atoms with Gasteiger partial charge in [0.25, 0.3) is 0 Å². The minimum atomic E-state index is -3.66. The number of hydrogen-bond donors (Lipinski definition) is 1. The van der Waals surface area contributed by atoms with Crippen molar-refractivity contribution in [3.63, 3.8) is 0 Å². The highest BCUT2D eigenvalue weighted by molar-refractivity contribution is 7.89. The molecule has 1 atom stereocenters. The van der Waals surface area contributed by atoms with Gasteiger partial charge in [0.05, 0.1) is 13.7 Å². The highest BCUT2D eigenvalue weighted by Gasteiger charge is 2.30. The van der Waals surface area contributed by atoms with Gasteiger partial charge in [-0.25, -0.2) is 8.42 Å². The summed E-state index contributed by atoms with van der Waals surface area (Å²) in [7, 11) is -0.698. The lowest BCUT2D eigenvalue weighted by atomic mass is 10.3. The maximum absolute atomic E-state index is 12.7. The van der Waals surface area contributed by atoms with Gasteiger partial charge in [-0.05, 0) is 19.1 Å². The third-order valence-corrected chi connectivity index (χ3v) is 5.11. The third kappa shape index (κ3) is 3.41. The second-order valence-electron chi connectivity index (χ2n) is 4.42. The van der Waals surface area contributed by atoms with Gasteiger partial charge in [0.2, 0.25) is 10.0 Å². The van der Waals surface area contributed by atoms with Crippen molar-refractivity contribution in [3.05, 3.63) is 18.2 Å². The van der Waals surface area contributed by atoms with Crippen LogP contribution in [0.1, 0.15) is 13.8 Å². The first-order chi connectivity index (χ1) is 9.38. The summed E-state index contributed by atoms with van der Waals surface area (Å²) < 4.78 is 37.0. The van der Waals surface area contributed by atoms with Gasteiger partial charge in [-0.1, -0.05) is 6.92 Å². The lowest BCUT2D eigenvalue weighted by Crippen LogP contribution is -2.40. The highest BCUT2D eigenvalue weighted by Crippen LogP contribution is 2.29. The van der Waals surface area contributed by atoms with Crippen LogP contribution >= 0.6 is 0 Å². The second-order valence-corrected chi connectivity index (χ2v) is 6.28. The predicted octanol–water partition coefficient (Wildman–Crippen LogP) is 1.32. The van der Waals surface area contributed by atoms with E-state index in [-0.39, 0.29) is 16.7 Å². The Kier molecular flexibility index (Phi) is 5.79. The first-order valence-corrected chi connectivity index (χ1v) is 7.76. The molecular weight excluding hydrogens is 280 g/mol. The molecule has 20 heavy (non-hydrogen) atoms. The van der Waals surface area contributed by atoms with Crippen LogP contribution in [-0.4, -0.2) is 46.1 Å². The zero-order valence-corrected chi connectivity index (χ0v) is 13.1. The summed E-state index contributed by atoms with van der Waals surface area (Å²) in [4.78, 5) is 0.110. The number of nitrogen functional groups attached to an aromatic ring is 1. The van der Waals surface area contributed by atoms with Crippen molar-refractivity contribution >= 4 is 15.7 Å². The number of likely N-dealkylation sites (N-methyl/N-ethyl adjacent to an activating group) is 1. The zero-order valence-electron chi connectivity index (χ0n) is 12.3. The van der Waals surface area contributed by atoms with E-state index in [0.717, 1.165) is 0 Å². The Morgan fingerprint density at radius 3 is 2.50 bits per heavy atom. The standard InChI is InChI=1S/C13H22N2O4S/c1-5-15(10(2)9-18-3)20(16,17)13-7-6-11(14)8-12(13)19-4/h6-8,10H,5,9,14H2,1-4H3. The predicted molar refractivity (Wildman–Crippen MR) is 78.3 cm³/mol. The van der Waals surface area contributed by atoms with E-state index in [1.165, 1.54) is 23.5 Å². The van der Waals surface area contributed by atoms with Crippen molar-refractivity contribution in [3.8, 4) is 5.75 Å². The largest absolute Gasteiger partial charge is 0.495 e. The van der Waals surface area contributed by atoms with E-state index in [2.05, 4.69) is 0 Å². The molecule has 1 rings (SSSR count). The van der Waals surface area contributed by atoms with E-state index >= 15 is 0 Å². The van der Waals surface area contributed by atoms with Gasteiger partial charge in [0, 0.05) is 31.5 Å². The molecule has 114 valence electrons. The van der Waals surface area contributed by atoms with Gasteiger partial charge in [-0.3, -0.25) is 0 Å². The fourth-order valence-corrected chi connectivity index (χ4v) is 3.83. The Bertz CT molecular complexity index is 545. The molecule has 0 aliphatic rings. The number of nitrogens with zero attached hydrogens (tertiary/aromatic N) is 1. The normalized spacial score (nSPS) is 13.4. The van der Waals surface area contributed by atoms with Crippen LogP contribution in [0.4, 0.5) is 5.69 Å². The van der Waals surface area contributed by atoms with Gasteiger partial charge in [0.1, 0.15) is 10.6 Å². The van der Waals surface area contributed by atoms with Crippen LogP contribution in [0.5, 0.6) is 5.75 Å². The Labute approximate surface area is 120 Å². The van der Waals surface area contributed by atoms with Gasteiger partial charge < -0.3 is 15.2 Å². The van der Waals surface area contributed by atoms with Crippen molar-refractivity contribution < 1.29 is 17.9 Å². The smallest absolute Gasteiger partial charge is 0.247 e. The number of ether oxygens (including phenoxy) is 2. The van der Waals surface area contributed by atoms with E-state index < -0.39 is 10.0 Å². The summed E-state index contributed by atoms with van der Waals surface area (Å²) >= 11 is 0. The fraction of sp³-hybridized carbons (Fsp3) is 0.538. The molecule has 0 fully saturated rings. The van der Waals surface area contributed by atoms with Crippen molar-refractivity contribution in [1.29, 1.82) is 0 Å². The molecule has 0 heterocycles. The first-order valence-electron chi connectivity index (χ1n) is 6.32. The molecular formula is C13H22N2O4S. The summed E-state index contributed by atoms with van der Waals surface area (Å²) in [6, 6.07) is 4.25. The lowest BCUT2D eigenvalue weighted by Gasteiger charge is -2.27. The minimum absolute atomic E-state index is 0.110. The summed E-state index contributed by atoms with van der Waals surface area (Å²) in [5, 5.41) is 0. The van der Waals surface area contributed by atoms with E-state index in [9.17, 15) is 8.42 Å². The maximum Gasteiger partial charge on any atom is 0.247 e. The molecule has 0 bridgehead atoms. The highest BCUT2D eigenvalue weighted by atomic mass is 32.2. The van der Waals surface area contributed by atoms with Crippen LogP contribution in [0.3, 0.4) is 0 Å². The first kappa shape index (κ1) is 16.7. The molecule has 7 heteroatoms. The van der Waals surface area contributed by atoms with E-state index in [4.69, 9.17) is 15.2 Å². The van der Waals surface area contributed by atoms with E-state index in [0.29, 0.717) is 18.8 Å². The molecule has 1 unspecified atom stereocenters. The molecule has 0 saturated heterocycles. The average Bonchev–Trinajstić information content (AvgIpc) is 2.38. The van der Waals surface area contributed by atoms with E-state index in [1.807, 2.05) is 0 Å². The van der Waals surface area contributed by atoms with Crippen LogP contribution < -0.4 is 10.5 Å². The van der Waals surface area contributed by atoms with Crippen molar-refractivity contribution in [2.24, 2.45) is 0 Å². The molecule has 0 aromatic heterocycles. The number of methoxy groups -OCH3 is 2. The van der Waals surface area contributed by atoms with Crippen LogP contribution in [0.15, 0.2) is 23.1 Å². The van der Waals surface area contributed by atoms with Crippen LogP contribution in [-0.2, 0) is 14.8 Å². The molecule has 0 saturated carbocycles. The molecule has 1 aromatic carbocycles. The van der Waals surface area contributed by atoms with Crippen molar-refractivity contribution in [2.75, 3.05) is 33.1 Å². The molecule has 0 amide bonds. The summed E-state index contributed by atoms with van der Waals surface area (Å²) in [6.45, 7) is 4.26. The SMILES string of the molecule is CCN(C(C)COC)S(=O)(=O)c1ccc(N)cc1OC. The Balaban J connectivity index is 3.27. The number of sulfonamides is 1. The van der Waals surface area contributed by atoms with Crippen LogP contribution in [0, 0.1) is 0 Å². The molecule has 0 radical (unpaired) electrons. The molecule has 6 nitrogen and oxygen atoms in total. The summed E-state index contributed by atoms with van der Waals surface area (Å²) in [6.07, 6.45) is 0. The minimum Gasteiger partial charge on any atom is -0.495 e. The molecule has 1 aromatic rings. The zero-order chi connectivity index (χ0) is 15.3. The Hall–Kier alpha value is -1.31. The number of anilines is 1.